The van der Waals surface area contributed by atoms with Crippen molar-refractivity contribution in [1.29, 1.82) is 0 Å². The first-order valence-corrected chi connectivity index (χ1v) is 11.7. The second-order valence-corrected chi connectivity index (χ2v) is 9.86. The van der Waals surface area contributed by atoms with Crippen molar-refractivity contribution in [2.45, 2.75) is 42.6 Å². The molecule has 5 nitrogen and oxygen atoms in total. The van der Waals surface area contributed by atoms with E-state index in [1.807, 2.05) is 53.1 Å². The van der Waals surface area contributed by atoms with Crippen LogP contribution in [0.2, 0.25) is 5.02 Å². The largest absolute Gasteiger partial charge is 0.308 e. The van der Waals surface area contributed by atoms with E-state index in [9.17, 15) is 4.79 Å². The van der Waals surface area contributed by atoms with Gasteiger partial charge in [-0.3, -0.25) is 13.9 Å². The zero-order valence-electron chi connectivity index (χ0n) is 15.6. The molecule has 1 saturated carbocycles. The summed E-state index contributed by atoms with van der Waals surface area (Å²) < 4.78 is 4.80. The van der Waals surface area contributed by atoms with Crippen LogP contribution < -0.4 is 4.87 Å². The molecule has 8 heteroatoms. The standard InChI is InChI=1S/C21H19ClN4OS2/c22-14-6-5-7-15(12-14)26-19(23-24-20(26)28-16-8-1-2-9-16)13-25-17-10-3-4-11-18(17)29-21(25)27/h3-7,10-12,16H,1-2,8-9,13H2. The lowest BCUT2D eigenvalue weighted by atomic mass is 10.3. The average Bonchev–Trinajstić information content (AvgIpc) is 3.43. The van der Waals surface area contributed by atoms with Crippen LogP contribution >= 0.6 is 34.7 Å². The molecule has 1 fully saturated rings. The van der Waals surface area contributed by atoms with E-state index in [2.05, 4.69) is 10.2 Å². The van der Waals surface area contributed by atoms with E-state index >= 15 is 0 Å². The number of para-hydroxylation sites is 1. The molecule has 148 valence electrons. The summed E-state index contributed by atoms with van der Waals surface area (Å²) in [6, 6.07) is 15.6. The van der Waals surface area contributed by atoms with Gasteiger partial charge in [-0.25, -0.2) is 0 Å². The summed E-state index contributed by atoms with van der Waals surface area (Å²) in [5.41, 5.74) is 1.85. The molecule has 0 spiro atoms. The number of thiazole rings is 1. The Balaban J connectivity index is 1.59. The van der Waals surface area contributed by atoms with Crippen molar-refractivity contribution in [2.24, 2.45) is 0 Å². The predicted octanol–water partition coefficient (Wildman–Crippen LogP) is 5.38. The molecule has 0 atom stereocenters. The SMILES string of the molecule is O=c1sc2ccccc2n1Cc1nnc(SC2CCCC2)n1-c1cccc(Cl)c1. The fourth-order valence-electron chi connectivity index (χ4n) is 3.81. The van der Waals surface area contributed by atoms with Gasteiger partial charge in [-0.1, -0.05) is 65.7 Å². The minimum Gasteiger partial charge on any atom is -0.291 e. The Morgan fingerprint density at radius 2 is 1.93 bits per heavy atom. The van der Waals surface area contributed by atoms with Crippen LogP contribution in [0.3, 0.4) is 0 Å². The van der Waals surface area contributed by atoms with Crippen LogP contribution in [0, 0.1) is 0 Å². The normalized spacial score (nSPS) is 14.8. The lowest BCUT2D eigenvalue weighted by molar-refractivity contribution is 0.725. The van der Waals surface area contributed by atoms with Crippen molar-refractivity contribution in [2.75, 3.05) is 0 Å². The van der Waals surface area contributed by atoms with Gasteiger partial charge in [0.25, 0.3) is 0 Å². The maximum Gasteiger partial charge on any atom is 0.308 e. The molecule has 1 aliphatic rings. The molecule has 0 amide bonds. The summed E-state index contributed by atoms with van der Waals surface area (Å²) in [5.74, 6) is 0.735. The van der Waals surface area contributed by atoms with Crippen LogP contribution in [0.25, 0.3) is 15.9 Å². The summed E-state index contributed by atoms with van der Waals surface area (Å²) in [4.78, 5) is 12.6. The molecule has 0 radical (unpaired) electrons. The zero-order valence-corrected chi connectivity index (χ0v) is 18.0. The molecule has 2 aromatic heterocycles. The zero-order chi connectivity index (χ0) is 19.8. The third-order valence-corrected chi connectivity index (χ3v) is 7.69. The summed E-state index contributed by atoms with van der Waals surface area (Å²) in [5, 5.41) is 11.1. The molecule has 0 bridgehead atoms. The molecule has 2 heterocycles. The van der Waals surface area contributed by atoms with Gasteiger partial charge in [-0.05, 0) is 43.2 Å². The Hall–Kier alpha value is -2.09. The van der Waals surface area contributed by atoms with Crippen molar-refractivity contribution in [1.82, 2.24) is 19.3 Å². The molecule has 0 saturated heterocycles. The molecule has 1 aliphatic carbocycles. The smallest absolute Gasteiger partial charge is 0.291 e. The fourth-order valence-corrected chi connectivity index (χ4v) is 6.16. The summed E-state index contributed by atoms with van der Waals surface area (Å²) >= 11 is 9.31. The fraction of sp³-hybridized carbons (Fsp3) is 0.286. The Morgan fingerprint density at radius 1 is 1.10 bits per heavy atom. The Morgan fingerprint density at radius 3 is 2.76 bits per heavy atom. The van der Waals surface area contributed by atoms with Gasteiger partial charge in [0, 0.05) is 10.3 Å². The number of nitrogens with zero attached hydrogens (tertiary/aromatic N) is 4. The number of hydrogen-bond donors (Lipinski definition) is 0. The van der Waals surface area contributed by atoms with Crippen molar-refractivity contribution in [3.05, 3.63) is 69.0 Å². The summed E-state index contributed by atoms with van der Waals surface area (Å²) in [6.07, 6.45) is 4.95. The molecule has 4 aromatic rings. The highest BCUT2D eigenvalue weighted by molar-refractivity contribution is 7.99. The van der Waals surface area contributed by atoms with E-state index in [1.54, 1.807) is 16.3 Å². The minimum absolute atomic E-state index is 0.0110. The number of fused-ring (bicyclic) bond motifs is 1. The maximum absolute atomic E-state index is 12.6. The van der Waals surface area contributed by atoms with Crippen molar-refractivity contribution in [3.63, 3.8) is 0 Å². The van der Waals surface area contributed by atoms with Crippen LogP contribution in [0.5, 0.6) is 0 Å². The van der Waals surface area contributed by atoms with Gasteiger partial charge in [-0.2, -0.15) is 0 Å². The van der Waals surface area contributed by atoms with Crippen LogP contribution in [-0.4, -0.2) is 24.6 Å². The number of halogens is 1. The van der Waals surface area contributed by atoms with Gasteiger partial charge in [0.2, 0.25) is 0 Å². The third kappa shape index (κ3) is 3.74. The monoisotopic (exact) mass is 442 g/mol. The molecular weight excluding hydrogens is 424 g/mol. The Labute approximate surface area is 181 Å². The van der Waals surface area contributed by atoms with Crippen LogP contribution in [0.4, 0.5) is 0 Å². The van der Waals surface area contributed by atoms with Gasteiger partial charge in [0.15, 0.2) is 11.0 Å². The molecule has 0 aliphatic heterocycles. The van der Waals surface area contributed by atoms with Crippen molar-refractivity contribution >= 4 is 44.9 Å². The molecule has 29 heavy (non-hydrogen) atoms. The third-order valence-electron chi connectivity index (χ3n) is 5.21. The van der Waals surface area contributed by atoms with E-state index in [-0.39, 0.29) is 4.87 Å². The van der Waals surface area contributed by atoms with Gasteiger partial charge < -0.3 is 0 Å². The summed E-state index contributed by atoms with van der Waals surface area (Å²) in [6.45, 7) is 0.369. The average molecular weight is 443 g/mol. The van der Waals surface area contributed by atoms with Gasteiger partial charge in [-0.15, -0.1) is 10.2 Å². The molecule has 0 unspecified atom stereocenters. The van der Waals surface area contributed by atoms with E-state index in [0.717, 1.165) is 26.9 Å². The molecule has 0 N–H and O–H groups in total. The van der Waals surface area contributed by atoms with Crippen molar-refractivity contribution in [3.8, 4) is 5.69 Å². The van der Waals surface area contributed by atoms with Crippen molar-refractivity contribution < 1.29 is 0 Å². The highest BCUT2D eigenvalue weighted by Crippen LogP contribution is 2.35. The highest BCUT2D eigenvalue weighted by Gasteiger charge is 2.23. The Bertz CT molecular complexity index is 1220. The van der Waals surface area contributed by atoms with E-state index < -0.39 is 0 Å². The number of aromatic nitrogens is 4. The molecule has 2 aromatic carbocycles. The Kier molecular flexibility index (Phi) is 5.20. The molecule has 5 rings (SSSR count). The first kappa shape index (κ1) is 18.9. The van der Waals surface area contributed by atoms with Gasteiger partial charge >= 0.3 is 4.87 Å². The molecular formula is C21H19ClN4OS2. The first-order chi connectivity index (χ1) is 14.2. The predicted molar refractivity (Wildman–Crippen MR) is 120 cm³/mol. The second kappa shape index (κ2) is 7.97. The van der Waals surface area contributed by atoms with E-state index in [0.29, 0.717) is 16.8 Å². The van der Waals surface area contributed by atoms with Gasteiger partial charge in [0.05, 0.1) is 22.4 Å². The minimum atomic E-state index is 0.0110. The van der Waals surface area contributed by atoms with Crippen LogP contribution in [0.15, 0.2) is 58.5 Å². The number of benzene rings is 2. The van der Waals surface area contributed by atoms with E-state index in [1.165, 1.54) is 37.0 Å². The first-order valence-electron chi connectivity index (χ1n) is 9.64. The summed E-state index contributed by atoms with van der Waals surface area (Å²) in [7, 11) is 0. The topological polar surface area (TPSA) is 52.7 Å². The second-order valence-electron chi connectivity index (χ2n) is 7.16. The highest BCUT2D eigenvalue weighted by atomic mass is 35.5. The van der Waals surface area contributed by atoms with E-state index in [4.69, 9.17) is 11.6 Å². The number of hydrogen-bond acceptors (Lipinski definition) is 5. The number of thioether (sulfide) groups is 1. The quantitative estimate of drug-likeness (QED) is 0.416. The lowest BCUT2D eigenvalue weighted by Crippen LogP contribution is -2.17. The van der Waals surface area contributed by atoms with Crippen LogP contribution in [-0.2, 0) is 6.54 Å². The van der Waals surface area contributed by atoms with Gasteiger partial charge in [0.1, 0.15) is 0 Å². The number of rotatable bonds is 5. The maximum atomic E-state index is 12.6. The lowest BCUT2D eigenvalue weighted by Gasteiger charge is -2.13. The van der Waals surface area contributed by atoms with Crippen LogP contribution in [0.1, 0.15) is 31.5 Å².